The summed E-state index contributed by atoms with van der Waals surface area (Å²) in [5.41, 5.74) is 1.10. The van der Waals surface area contributed by atoms with E-state index in [-0.39, 0.29) is 11.6 Å². The fourth-order valence-electron chi connectivity index (χ4n) is 1.34. The van der Waals surface area contributed by atoms with E-state index in [4.69, 9.17) is 4.74 Å². The van der Waals surface area contributed by atoms with Crippen molar-refractivity contribution in [2.45, 2.75) is 39.7 Å². The zero-order chi connectivity index (χ0) is 12.8. The molecule has 0 aliphatic heterocycles. The molecule has 0 saturated heterocycles. The van der Waals surface area contributed by atoms with E-state index in [0.717, 1.165) is 12.0 Å². The Kier molecular flexibility index (Phi) is 4.88. The van der Waals surface area contributed by atoms with Crippen molar-refractivity contribution in [3.05, 3.63) is 29.8 Å². The number of benzene rings is 1. The molecule has 92 valence electrons. The van der Waals surface area contributed by atoms with Crippen molar-refractivity contribution in [3.8, 4) is 5.75 Å². The third-order valence-electron chi connectivity index (χ3n) is 2.57. The summed E-state index contributed by atoms with van der Waals surface area (Å²) in [7, 11) is 0. The first-order valence-corrected chi connectivity index (χ1v) is 5.74. The lowest BCUT2D eigenvalue weighted by Crippen LogP contribution is -2.20. The summed E-state index contributed by atoms with van der Waals surface area (Å²) < 4.78 is 5.44. The van der Waals surface area contributed by atoms with Crippen molar-refractivity contribution >= 4 is 11.6 Å². The van der Waals surface area contributed by atoms with Crippen LogP contribution in [0.2, 0.25) is 0 Å². The number of rotatable bonds is 6. The minimum absolute atomic E-state index is 0.00524. The predicted octanol–water partition coefficient (Wildman–Crippen LogP) is 2.56. The quantitative estimate of drug-likeness (QED) is 0.759. The molecule has 0 unspecified atom stereocenters. The second-order valence-corrected chi connectivity index (χ2v) is 4.22. The smallest absolute Gasteiger partial charge is 0.169 e. The van der Waals surface area contributed by atoms with Crippen molar-refractivity contribution in [3.63, 3.8) is 0 Å². The first kappa shape index (κ1) is 13.4. The molecule has 0 heterocycles. The Labute approximate surface area is 102 Å². The van der Waals surface area contributed by atoms with Gasteiger partial charge in [0.2, 0.25) is 0 Å². The fraction of sp³-hybridized carbons (Fsp3) is 0.429. The first-order valence-electron chi connectivity index (χ1n) is 5.74. The second kappa shape index (κ2) is 6.18. The molecule has 3 heteroatoms. The van der Waals surface area contributed by atoms with E-state index in [1.807, 2.05) is 24.3 Å². The van der Waals surface area contributed by atoms with Gasteiger partial charge in [-0.15, -0.1) is 0 Å². The van der Waals surface area contributed by atoms with E-state index >= 15 is 0 Å². The lowest BCUT2D eigenvalue weighted by Gasteiger charge is -2.11. The van der Waals surface area contributed by atoms with Crippen LogP contribution in [0.4, 0.5) is 0 Å². The number of hydrogen-bond acceptors (Lipinski definition) is 3. The number of hydrogen-bond donors (Lipinski definition) is 0. The molecule has 0 saturated carbocycles. The Morgan fingerprint density at radius 2 is 1.76 bits per heavy atom. The van der Waals surface area contributed by atoms with Crippen molar-refractivity contribution in [1.29, 1.82) is 0 Å². The standard InChI is InChI=1S/C14H18O3/c1-10(15)4-5-13-6-8-14(9-7-13)17-12(3)11(2)16/h6-9,12H,4-5H2,1-3H3/t12-/m1/s1. The molecule has 3 nitrogen and oxygen atoms in total. The van der Waals surface area contributed by atoms with Gasteiger partial charge in [-0.3, -0.25) is 4.79 Å². The molecule has 17 heavy (non-hydrogen) atoms. The molecule has 0 bridgehead atoms. The molecule has 1 aromatic carbocycles. The molecule has 0 amide bonds. The molecule has 0 radical (unpaired) electrons. The third kappa shape index (κ3) is 4.81. The molecule has 0 spiro atoms. The lowest BCUT2D eigenvalue weighted by atomic mass is 10.1. The normalized spacial score (nSPS) is 11.9. The summed E-state index contributed by atoms with van der Waals surface area (Å²) in [4.78, 5) is 21.9. The van der Waals surface area contributed by atoms with Crippen LogP contribution >= 0.6 is 0 Å². The van der Waals surface area contributed by atoms with Gasteiger partial charge in [-0.1, -0.05) is 12.1 Å². The summed E-state index contributed by atoms with van der Waals surface area (Å²) in [6.45, 7) is 4.82. The predicted molar refractivity (Wildman–Crippen MR) is 66.2 cm³/mol. The highest BCUT2D eigenvalue weighted by atomic mass is 16.5. The number of carbonyl (C=O) groups is 2. The van der Waals surface area contributed by atoms with E-state index in [1.165, 1.54) is 6.92 Å². The van der Waals surface area contributed by atoms with E-state index < -0.39 is 6.10 Å². The Balaban J connectivity index is 2.55. The van der Waals surface area contributed by atoms with Crippen LogP contribution in [0.25, 0.3) is 0 Å². The molecule has 0 N–H and O–H groups in total. The lowest BCUT2D eigenvalue weighted by molar-refractivity contribution is -0.123. The van der Waals surface area contributed by atoms with E-state index in [1.54, 1.807) is 13.8 Å². The maximum absolute atomic E-state index is 11.0. The van der Waals surface area contributed by atoms with Gasteiger partial charge < -0.3 is 9.53 Å². The van der Waals surface area contributed by atoms with Crippen LogP contribution in [-0.2, 0) is 16.0 Å². The van der Waals surface area contributed by atoms with Crippen LogP contribution in [-0.4, -0.2) is 17.7 Å². The average Bonchev–Trinajstić information content (AvgIpc) is 2.28. The second-order valence-electron chi connectivity index (χ2n) is 4.22. The van der Waals surface area contributed by atoms with Crippen molar-refractivity contribution < 1.29 is 14.3 Å². The maximum Gasteiger partial charge on any atom is 0.169 e. The van der Waals surface area contributed by atoms with Crippen molar-refractivity contribution in [2.75, 3.05) is 0 Å². The molecule has 0 aromatic heterocycles. The minimum Gasteiger partial charge on any atom is -0.483 e. The van der Waals surface area contributed by atoms with Crippen LogP contribution in [0.5, 0.6) is 5.75 Å². The van der Waals surface area contributed by atoms with Crippen LogP contribution in [0, 0.1) is 0 Å². The Bertz CT molecular complexity index is 392. The highest BCUT2D eigenvalue weighted by molar-refractivity contribution is 5.80. The van der Waals surface area contributed by atoms with Crippen molar-refractivity contribution in [2.24, 2.45) is 0 Å². The van der Waals surface area contributed by atoms with Gasteiger partial charge in [0.25, 0.3) is 0 Å². The zero-order valence-corrected chi connectivity index (χ0v) is 10.5. The number of aryl methyl sites for hydroxylation is 1. The zero-order valence-electron chi connectivity index (χ0n) is 10.5. The molecule has 1 aromatic rings. The number of ether oxygens (including phenoxy) is 1. The highest BCUT2D eigenvalue weighted by Crippen LogP contribution is 2.15. The van der Waals surface area contributed by atoms with Gasteiger partial charge >= 0.3 is 0 Å². The SMILES string of the molecule is CC(=O)CCc1ccc(O[C@H](C)C(C)=O)cc1. The van der Waals surface area contributed by atoms with Gasteiger partial charge in [0, 0.05) is 6.42 Å². The van der Waals surface area contributed by atoms with Crippen LogP contribution in [0.3, 0.4) is 0 Å². The molecule has 0 aliphatic rings. The molecule has 0 fully saturated rings. The third-order valence-corrected chi connectivity index (χ3v) is 2.57. The summed E-state index contributed by atoms with van der Waals surface area (Å²) in [5.74, 6) is 0.875. The summed E-state index contributed by atoms with van der Waals surface area (Å²) in [6.07, 6.45) is 0.889. The van der Waals surface area contributed by atoms with E-state index in [2.05, 4.69) is 0 Å². The molecule has 1 atom stereocenters. The van der Waals surface area contributed by atoms with E-state index in [0.29, 0.717) is 12.2 Å². The first-order chi connectivity index (χ1) is 7.99. The van der Waals surface area contributed by atoms with Gasteiger partial charge in [-0.2, -0.15) is 0 Å². The van der Waals surface area contributed by atoms with Gasteiger partial charge in [0.15, 0.2) is 11.9 Å². The Morgan fingerprint density at radius 1 is 1.18 bits per heavy atom. The minimum atomic E-state index is -0.418. The summed E-state index contributed by atoms with van der Waals surface area (Å²) >= 11 is 0. The van der Waals surface area contributed by atoms with Gasteiger partial charge in [0.05, 0.1) is 0 Å². The monoisotopic (exact) mass is 234 g/mol. The van der Waals surface area contributed by atoms with E-state index in [9.17, 15) is 9.59 Å². The molecule has 1 rings (SSSR count). The Hall–Kier alpha value is -1.64. The highest BCUT2D eigenvalue weighted by Gasteiger charge is 2.08. The number of carbonyl (C=O) groups excluding carboxylic acids is 2. The van der Waals surface area contributed by atoms with Crippen LogP contribution in [0.1, 0.15) is 32.8 Å². The van der Waals surface area contributed by atoms with Crippen molar-refractivity contribution in [1.82, 2.24) is 0 Å². The van der Waals surface area contributed by atoms with Gasteiger partial charge in [0.1, 0.15) is 11.5 Å². The maximum atomic E-state index is 11.0. The van der Waals surface area contributed by atoms with Gasteiger partial charge in [-0.05, 0) is 44.9 Å². The molecule has 0 aliphatic carbocycles. The average molecular weight is 234 g/mol. The Morgan fingerprint density at radius 3 is 2.24 bits per heavy atom. The number of ketones is 2. The molecular formula is C14H18O3. The van der Waals surface area contributed by atoms with Crippen LogP contribution in [0.15, 0.2) is 24.3 Å². The summed E-state index contributed by atoms with van der Waals surface area (Å²) in [5, 5.41) is 0. The topological polar surface area (TPSA) is 43.4 Å². The molecular weight excluding hydrogens is 216 g/mol. The summed E-state index contributed by atoms with van der Waals surface area (Å²) in [6, 6.07) is 7.50. The van der Waals surface area contributed by atoms with Crippen LogP contribution < -0.4 is 4.74 Å². The fourth-order valence-corrected chi connectivity index (χ4v) is 1.34. The van der Waals surface area contributed by atoms with Gasteiger partial charge in [-0.25, -0.2) is 0 Å². The number of Topliss-reactive ketones (excluding diaryl/α,β-unsaturated/α-hetero) is 2. The largest absolute Gasteiger partial charge is 0.483 e.